The van der Waals surface area contributed by atoms with Crippen LogP contribution in [0.3, 0.4) is 0 Å². The third-order valence-electron chi connectivity index (χ3n) is 4.33. The third kappa shape index (κ3) is 4.40. The van der Waals surface area contributed by atoms with Crippen molar-refractivity contribution in [3.8, 4) is 0 Å². The summed E-state index contributed by atoms with van der Waals surface area (Å²) in [5.74, 6) is -0.465. The first-order valence-corrected chi connectivity index (χ1v) is 8.82. The van der Waals surface area contributed by atoms with Crippen molar-refractivity contribution in [1.29, 1.82) is 0 Å². The van der Waals surface area contributed by atoms with Crippen molar-refractivity contribution < 1.29 is 9.53 Å². The Labute approximate surface area is 153 Å². The molecule has 0 N–H and O–H groups in total. The molecule has 0 atom stereocenters. The minimum atomic E-state index is -0.465. The maximum Gasteiger partial charge on any atom is 0.339 e. The number of carbonyl (C=O) groups is 1. The Morgan fingerprint density at radius 1 is 1.12 bits per heavy atom. The number of carbonyl (C=O) groups excluding carboxylic acids is 1. The first kappa shape index (κ1) is 17.5. The molecule has 2 aromatic carbocycles. The maximum atomic E-state index is 11.7. The maximum absolute atomic E-state index is 11.7. The zero-order valence-electron chi connectivity index (χ0n) is 14.2. The van der Waals surface area contributed by atoms with Crippen LogP contribution in [0, 0.1) is 0 Å². The van der Waals surface area contributed by atoms with Gasteiger partial charge in [-0.2, -0.15) is 0 Å². The Hall–Kier alpha value is -2.33. The highest BCUT2D eigenvalue weighted by molar-refractivity contribution is 6.33. The molecule has 1 fully saturated rings. The summed E-state index contributed by atoms with van der Waals surface area (Å²) in [6.45, 7) is 2.27. The van der Waals surface area contributed by atoms with Gasteiger partial charge in [0, 0.05) is 25.0 Å². The van der Waals surface area contributed by atoms with Crippen LogP contribution in [0.4, 0.5) is 11.4 Å². The van der Waals surface area contributed by atoms with E-state index in [0.717, 1.165) is 18.7 Å². The summed E-state index contributed by atoms with van der Waals surface area (Å²) in [5.41, 5.74) is 3.25. The standard InChI is InChI=1S/C20H21ClN2O2/c1-25-20(24)18-13-16(7-10-19(18)21)22-14-15-5-8-17(9-6-15)23-11-3-2-4-12-23/h5-10,13-14H,2-4,11-12H2,1H3. The lowest BCUT2D eigenvalue weighted by Crippen LogP contribution is -2.29. The van der Waals surface area contributed by atoms with Crippen molar-refractivity contribution >= 4 is 35.2 Å². The lowest BCUT2D eigenvalue weighted by Gasteiger charge is -2.28. The zero-order valence-corrected chi connectivity index (χ0v) is 15.0. The highest BCUT2D eigenvalue weighted by Crippen LogP contribution is 2.24. The number of esters is 1. The number of methoxy groups -OCH3 is 1. The fourth-order valence-electron chi connectivity index (χ4n) is 2.93. The molecule has 0 saturated carbocycles. The molecule has 2 aromatic rings. The number of rotatable bonds is 4. The summed E-state index contributed by atoms with van der Waals surface area (Å²) in [5, 5.41) is 0.358. The van der Waals surface area contributed by atoms with Crippen molar-refractivity contribution in [2.45, 2.75) is 19.3 Å². The number of benzene rings is 2. The molecule has 0 aliphatic carbocycles. The highest BCUT2D eigenvalue weighted by Gasteiger charge is 2.11. The zero-order chi connectivity index (χ0) is 17.6. The van der Waals surface area contributed by atoms with E-state index in [4.69, 9.17) is 16.3 Å². The van der Waals surface area contributed by atoms with Crippen LogP contribution in [0.5, 0.6) is 0 Å². The van der Waals surface area contributed by atoms with E-state index in [1.54, 1.807) is 24.4 Å². The summed E-state index contributed by atoms with van der Waals surface area (Å²) in [6, 6.07) is 13.4. The van der Waals surface area contributed by atoms with Gasteiger partial charge in [0.15, 0.2) is 0 Å². The van der Waals surface area contributed by atoms with Crippen molar-refractivity contribution in [2.75, 3.05) is 25.1 Å². The van der Waals surface area contributed by atoms with Gasteiger partial charge >= 0.3 is 5.97 Å². The Morgan fingerprint density at radius 3 is 2.52 bits per heavy atom. The van der Waals surface area contributed by atoms with Gasteiger partial charge in [-0.25, -0.2) is 4.79 Å². The summed E-state index contributed by atoms with van der Waals surface area (Å²) in [4.78, 5) is 18.5. The predicted octanol–water partition coefficient (Wildman–Crippen LogP) is 4.87. The smallest absolute Gasteiger partial charge is 0.339 e. The van der Waals surface area contributed by atoms with E-state index < -0.39 is 5.97 Å². The van der Waals surface area contributed by atoms with E-state index >= 15 is 0 Å². The second-order valence-corrected chi connectivity index (χ2v) is 6.46. The predicted molar refractivity (Wildman–Crippen MR) is 103 cm³/mol. The molecular weight excluding hydrogens is 336 g/mol. The molecular formula is C20H21ClN2O2. The first-order valence-electron chi connectivity index (χ1n) is 8.44. The fourth-order valence-corrected chi connectivity index (χ4v) is 3.13. The quantitative estimate of drug-likeness (QED) is 0.580. The molecule has 0 unspecified atom stereocenters. The molecule has 1 saturated heterocycles. The largest absolute Gasteiger partial charge is 0.465 e. The average molecular weight is 357 g/mol. The van der Waals surface area contributed by atoms with E-state index in [1.807, 2.05) is 0 Å². The number of hydrogen-bond acceptors (Lipinski definition) is 4. The van der Waals surface area contributed by atoms with Crippen molar-refractivity contribution in [3.63, 3.8) is 0 Å². The van der Waals surface area contributed by atoms with Crippen molar-refractivity contribution in [3.05, 3.63) is 58.6 Å². The topological polar surface area (TPSA) is 41.9 Å². The molecule has 4 nitrogen and oxygen atoms in total. The summed E-state index contributed by atoms with van der Waals surface area (Å²) in [7, 11) is 1.33. The number of ether oxygens (including phenoxy) is 1. The number of aliphatic imine (C=N–C) groups is 1. The van der Waals surface area contributed by atoms with Crippen molar-refractivity contribution in [2.24, 2.45) is 4.99 Å². The van der Waals surface area contributed by atoms with Gasteiger partial charge in [-0.3, -0.25) is 4.99 Å². The van der Waals surface area contributed by atoms with Crippen LogP contribution in [0.15, 0.2) is 47.5 Å². The van der Waals surface area contributed by atoms with Gasteiger partial charge in [-0.15, -0.1) is 0 Å². The number of halogens is 1. The molecule has 0 spiro atoms. The van der Waals surface area contributed by atoms with E-state index in [0.29, 0.717) is 16.3 Å². The average Bonchev–Trinajstić information content (AvgIpc) is 2.68. The third-order valence-corrected chi connectivity index (χ3v) is 4.66. The van der Waals surface area contributed by atoms with Crippen molar-refractivity contribution in [1.82, 2.24) is 0 Å². The van der Waals surface area contributed by atoms with Crippen LogP contribution in [0.1, 0.15) is 35.2 Å². The number of hydrogen-bond donors (Lipinski definition) is 0. The Morgan fingerprint density at radius 2 is 1.84 bits per heavy atom. The van der Waals surface area contributed by atoms with Crippen LogP contribution in [-0.4, -0.2) is 32.4 Å². The molecule has 0 bridgehead atoms. The van der Waals surface area contributed by atoms with Crippen LogP contribution in [0.25, 0.3) is 0 Å². The van der Waals surface area contributed by atoms with Crippen LogP contribution >= 0.6 is 11.6 Å². The van der Waals surface area contributed by atoms with Crippen LogP contribution in [-0.2, 0) is 4.74 Å². The van der Waals surface area contributed by atoms with E-state index in [2.05, 4.69) is 34.2 Å². The Bertz CT molecular complexity index is 766. The fraction of sp³-hybridized carbons (Fsp3) is 0.300. The van der Waals surface area contributed by atoms with Gasteiger partial charge in [-0.05, 0) is 55.2 Å². The van der Waals surface area contributed by atoms with E-state index in [1.165, 1.54) is 32.1 Å². The summed E-state index contributed by atoms with van der Waals surface area (Å²) in [6.07, 6.45) is 5.64. The van der Waals surface area contributed by atoms with Crippen LogP contribution in [0.2, 0.25) is 5.02 Å². The Balaban J connectivity index is 1.72. The lowest BCUT2D eigenvalue weighted by atomic mass is 10.1. The van der Waals surface area contributed by atoms with Gasteiger partial charge in [0.25, 0.3) is 0 Å². The molecule has 0 radical (unpaired) electrons. The number of piperidine rings is 1. The molecule has 3 rings (SSSR count). The highest BCUT2D eigenvalue weighted by atomic mass is 35.5. The Kier molecular flexibility index (Phi) is 5.71. The minimum absolute atomic E-state index is 0.319. The van der Waals surface area contributed by atoms with Gasteiger partial charge in [0.2, 0.25) is 0 Å². The lowest BCUT2D eigenvalue weighted by molar-refractivity contribution is 0.0601. The van der Waals surface area contributed by atoms with E-state index in [-0.39, 0.29) is 0 Å². The summed E-state index contributed by atoms with van der Waals surface area (Å²) >= 11 is 6.02. The van der Waals surface area contributed by atoms with Gasteiger partial charge < -0.3 is 9.64 Å². The van der Waals surface area contributed by atoms with Gasteiger partial charge in [0.05, 0.1) is 23.4 Å². The molecule has 0 amide bonds. The van der Waals surface area contributed by atoms with Crippen LogP contribution < -0.4 is 4.90 Å². The molecule has 5 heteroatoms. The number of anilines is 1. The first-order chi connectivity index (χ1) is 12.2. The molecule has 0 aromatic heterocycles. The normalized spacial score (nSPS) is 14.7. The van der Waals surface area contributed by atoms with E-state index in [9.17, 15) is 4.79 Å². The molecule has 1 aliphatic heterocycles. The molecule has 130 valence electrons. The second-order valence-electron chi connectivity index (χ2n) is 6.05. The van der Waals surface area contributed by atoms with Gasteiger partial charge in [0.1, 0.15) is 0 Å². The molecule has 1 aliphatic rings. The molecule has 25 heavy (non-hydrogen) atoms. The SMILES string of the molecule is COC(=O)c1cc(N=Cc2ccc(N3CCCCC3)cc2)ccc1Cl. The number of nitrogens with zero attached hydrogens (tertiary/aromatic N) is 2. The second kappa shape index (κ2) is 8.17. The monoisotopic (exact) mass is 356 g/mol. The minimum Gasteiger partial charge on any atom is -0.465 e. The van der Waals surface area contributed by atoms with Gasteiger partial charge in [-0.1, -0.05) is 23.7 Å². The molecule has 1 heterocycles. The summed E-state index contributed by atoms with van der Waals surface area (Å²) < 4.78 is 4.73.